The lowest BCUT2D eigenvalue weighted by atomic mass is 10.2. The lowest BCUT2D eigenvalue weighted by molar-refractivity contribution is 0.817. The van der Waals surface area contributed by atoms with Crippen LogP contribution in [0.2, 0.25) is 0 Å². The van der Waals surface area contributed by atoms with Gasteiger partial charge >= 0.3 is 0 Å². The van der Waals surface area contributed by atoms with Crippen molar-refractivity contribution in [3.8, 4) is 0 Å². The molecule has 0 aliphatic rings. The van der Waals surface area contributed by atoms with Gasteiger partial charge in [0.05, 0.1) is 0 Å². The molecule has 0 N–H and O–H groups in total. The summed E-state index contributed by atoms with van der Waals surface area (Å²) >= 11 is 3.41. The highest BCUT2D eigenvalue weighted by Gasteiger charge is 2.11. The molecule has 86 valence electrons. The highest BCUT2D eigenvalue weighted by atomic mass is 32.1. The predicted octanol–water partition coefficient (Wildman–Crippen LogP) is 3.36. The summed E-state index contributed by atoms with van der Waals surface area (Å²) in [7, 11) is 2.06. The third-order valence-electron chi connectivity index (χ3n) is 2.25. The van der Waals surface area contributed by atoms with E-state index in [9.17, 15) is 0 Å². The highest BCUT2D eigenvalue weighted by Crippen LogP contribution is 2.25. The fourth-order valence-corrected chi connectivity index (χ4v) is 2.80. The van der Waals surface area contributed by atoms with Crippen LogP contribution in [0.4, 0.5) is 5.13 Å². The van der Waals surface area contributed by atoms with Crippen molar-refractivity contribution in [3.63, 3.8) is 0 Å². The van der Waals surface area contributed by atoms with Crippen molar-refractivity contribution in [2.45, 2.75) is 26.3 Å². The molecule has 3 nitrogen and oxygen atoms in total. The van der Waals surface area contributed by atoms with E-state index < -0.39 is 0 Å². The molecule has 0 radical (unpaired) electrons. The van der Waals surface area contributed by atoms with Gasteiger partial charge in [-0.25, -0.2) is 0 Å². The molecule has 0 fully saturated rings. The summed E-state index contributed by atoms with van der Waals surface area (Å²) in [5.74, 6) is 0.459. The van der Waals surface area contributed by atoms with Crippen molar-refractivity contribution in [2.24, 2.45) is 0 Å². The smallest absolute Gasteiger partial charge is 0.208 e. The molecule has 0 unspecified atom stereocenters. The van der Waals surface area contributed by atoms with E-state index in [1.54, 1.807) is 22.7 Å². The van der Waals surface area contributed by atoms with Crippen LogP contribution in [0.1, 0.15) is 30.3 Å². The first-order valence-corrected chi connectivity index (χ1v) is 6.98. The summed E-state index contributed by atoms with van der Waals surface area (Å²) in [6.45, 7) is 5.18. The first kappa shape index (κ1) is 11.5. The van der Waals surface area contributed by atoms with Gasteiger partial charge in [0, 0.05) is 19.5 Å². The van der Waals surface area contributed by atoms with E-state index in [1.807, 2.05) is 0 Å². The van der Waals surface area contributed by atoms with Gasteiger partial charge in [-0.05, 0) is 22.4 Å². The Hall–Kier alpha value is -0.940. The fraction of sp³-hybridized carbons (Fsp3) is 0.455. The Morgan fingerprint density at radius 3 is 2.75 bits per heavy atom. The number of anilines is 1. The zero-order valence-corrected chi connectivity index (χ0v) is 11.3. The predicted molar refractivity (Wildman–Crippen MR) is 70.4 cm³/mol. The normalized spacial score (nSPS) is 11.0. The van der Waals surface area contributed by atoms with Crippen LogP contribution in [-0.2, 0) is 6.54 Å². The first-order valence-electron chi connectivity index (χ1n) is 5.22. The molecular weight excluding hydrogens is 238 g/mol. The van der Waals surface area contributed by atoms with E-state index >= 15 is 0 Å². The van der Waals surface area contributed by atoms with Gasteiger partial charge in [0.25, 0.3) is 0 Å². The summed E-state index contributed by atoms with van der Waals surface area (Å²) in [6.07, 6.45) is 0. The molecule has 0 aliphatic carbocycles. The SMILES string of the molecule is CC(C)c1nnc(N(C)Cc2ccsc2)s1. The molecule has 0 spiro atoms. The van der Waals surface area contributed by atoms with E-state index in [4.69, 9.17) is 0 Å². The zero-order valence-electron chi connectivity index (χ0n) is 9.67. The monoisotopic (exact) mass is 253 g/mol. The Morgan fingerprint density at radius 1 is 1.38 bits per heavy atom. The van der Waals surface area contributed by atoms with Crippen molar-refractivity contribution < 1.29 is 0 Å². The van der Waals surface area contributed by atoms with Crippen molar-refractivity contribution in [2.75, 3.05) is 11.9 Å². The summed E-state index contributed by atoms with van der Waals surface area (Å²) in [4.78, 5) is 2.14. The molecule has 0 atom stereocenters. The minimum atomic E-state index is 0.459. The minimum absolute atomic E-state index is 0.459. The maximum Gasteiger partial charge on any atom is 0.208 e. The molecule has 0 bridgehead atoms. The Morgan fingerprint density at radius 2 is 2.19 bits per heavy atom. The van der Waals surface area contributed by atoms with Gasteiger partial charge in [-0.1, -0.05) is 25.2 Å². The molecule has 2 rings (SSSR count). The van der Waals surface area contributed by atoms with Gasteiger partial charge in [-0.2, -0.15) is 11.3 Å². The topological polar surface area (TPSA) is 29.0 Å². The van der Waals surface area contributed by atoms with Crippen LogP contribution in [0.15, 0.2) is 16.8 Å². The van der Waals surface area contributed by atoms with Crippen LogP contribution in [0.25, 0.3) is 0 Å². The van der Waals surface area contributed by atoms with E-state index in [-0.39, 0.29) is 0 Å². The van der Waals surface area contributed by atoms with Crippen molar-refractivity contribution >= 4 is 27.8 Å². The van der Waals surface area contributed by atoms with Gasteiger partial charge in [0.15, 0.2) is 0 Å². The van der Waals surface area contributed by atoms with E-state index in [2.05, 4.69) is 52.8 Å². The summed E-state index contributed by atoms with van der Waals surface area (Å²) < 4.78 is 0. The van der Waals surface area contributed by atoms with Gasteiger partial charge in [-0.15, -0.1) is 10.2 Å². The molecule has 2 aromatic rings. The molecule has 0 aliphatic heterocycles. The highest BCUT2D eigenvalue weighted by molar-refractivity contribution is 7.15. The Balaban J connectivity index is 2.06. The van der Waals surface area contributed by atoms with Crippen LogP contribution in [0, 0.1) is 0 Å². The Labute approximate surface area is 104 Å². The molecule has 2 heterocycles. The third kappa shape index (κ3) is 2.59. The number of aromatic nitrogens is 2. The third-order valence-corrected chi connectivity index (χ3v) is 4.32. The van der Waals surface area contributed by atoms with Crippen LogP contribution < -0.4 is 4.90 Å². The number of thiophene rings is 1. The maximum absolute atomic E-state index is 4.22. The van der Waals surface area contributed by atoms with Gasteiger partial charge in [0.2, 0.25) is 5.13 Å². The van der Waals surface area contributed by atoms with E-state index in [1.165, 1.54) is 5.56 Å². The van der Waals surface area contributed by atoms with Gasteiger partial charge in [0.1, 0.15) is 5.01 Å². The average Bonchev–Trinajstić information content (AvgIpc) is 2.86. The van der Waals surface area contributed by atoms with Crippen molar-refractivity contribution in [1.82, 2.24) is 10.2 Å². The second kappa shape index (κ2) is 4.93. The van der Waals surface area contributed by atoms with Crippen molar-refractivity contribution in [1.29, 1.82) is 0 Å². The van der Waals surface area contributed by atoms with Gasteiger partial charge in [-0.3, -0.25) is 0 Å². The molecule has 0 saturated carbocycles. The van der Waals surface area contributed by atoms with Crippen molar-refractivity contribution in [3.05, 3.63) is 27.4 Å². The van der Waals surface area contributed by atoms with Crippen LogP contribution >= 0.6 is 22.7 Å². The lowest BCUT2D eigenvalue weighted by Gasteiger charge is -2.13. The molecule has 0 saturated heterocycles. The fourth-order valence-electron chi connectivity index (χ4n) is 1.34. The van der Waals surface area contributed by atoms with Crippen LogP contribution in [-0.4, -0.2) is 17.2 Å². The number of nitrogens with zero attached hydrogens (tertiary/aromatic N) is 3. The zero-order chi connectivity index (χ0) is 11.5. The molecule has 16 heavy (non-hydrogen) atoms. The summed E-state index contributed by atoms with van der Waals surface area (Å²) in [5, 5.41) is 14.8. The number of rotatable bonds is 4. The second-order valence-corrected chi connectivity index (χ2v) is 5.83. The quantitative estimate of drug-likeness (QED) is 0.836. The largest absolute Gasteiger partial charge is 0.345 e. The molecule has 0 amide bonds. The van der Waals surface area contributed by atoms with E-state index in [0.29, 0.717) is 5.92 Å². The Bertz CT molecular complexity index is 434. The maximum atomic E-state index is 4.22. The number of hydrogen-bond donors (Lipinski definition) is 0. The molecule has 2 aromatic heterocycles. The Kier molecular flexibility index (Phi) is 3.56. The van der Waals surface area contributed by atoms with Gasteiger partial charge < -0.3 is 4.90 Å². The summed E-state index contributed by atoms with van der Waals surface area (Å²) in [5.41, 5.74) is 1.33. The lowest BCUT2D eigenvalue weighted by Crippen LogP contribution is -2.15. The molecular formula is C11H15N3S2. The molecule has 5 heteroatoms. The van der Waals surface area contributed by atoms with E-state index in [0.717, 1.165) is 16.7 Å². The summed E-state index contributed by atoms with van der Waals surface area (Å²) in [6, 6.07) is 2.14. The molecule has 0 aromatic carbocycles. The van der Waals surface area contributed by atoms with Crippen LogP contribution in [0.5, 0.6) is 0 Å². The number of hydrogen-bond acceptors (Lipinski definition) is 5. The van der Waals surface area contributed by atoms with Crippen LogP contribution in [0.3, 0.4) is 0 Å². The second-order valence-electron chi connectivity index (χ2n) is 4.07. The average molecular weight is 253 g/mol. The minimum Gasteiger partial charge on any atom is -0.345 e. The standard InChI is InChI=1S/C11H15N3S2/c1-8(2)10-12-13-11(16-10)14(3)6-9-4-5-15-7-9/h4-5,7-8H,6H2,1-3H3. The first-order chi connectivity index (χ1) is 7.66.